The third-order valence-corrected chi connectivity index (χ3v) is 5.02. The fourth-order valence-corrected chi connectivity index (χ4v) is 3.34. The van der Waals surface area contributed by atoms with Crippen molar-refractivity contribution in [1.82, 2.24) is 0 Å². The van der Waals surface area contributed by atoms with Crippen molar-refractivity contribution in [2.24, 2.45) is 5.16 Å². The van der Waals surface area contributed by atoms with Gasteiger partial charge in [-0.2, -0.15) is 0 Å². The molecule has 0 unspecified atom stereocenters. The number of methoxy groups -OCH3 is 1. The van der Waals surface area contributed by atoms with E-state index in [0.717, 1.165) is 11.1 Å². The third-order valence-electron chi connectivity index (χ3n) is 5.02. The number of nitrogens with zero attached hydrogens (tertiary/aromatic N) is 2. The van der Waals surface area contributed by atoms with Crippen LogP contribution in [0.3, 0.4) is 0 Å². The van der Waals surface area contributed by atoms with Gasteiger partial charge in [0, 0.05) is 17.7 Å². The van der Waals surface area contributed by atoms with Crippen LogP contribution in [0.1, 0.15) is 16.7 Å². The summed E-state index contributed by atoms with van der Waals surface area (Å²) in [5.74, 6) is 1.21. The summed E-state index contributed by atoms with van der Waals surface area (Å²) in [7, 11) is 1.58. The first-order chi connectivity index (χ1) is 16.1. The second kappa shape index (κ2) is 10.3. The zero-order chi connectivity index (χ0) is 23.0. The number of hydrogen-bond acceptors (Lipinski definition) is 6. The van der Waals surface area contributed by atoms with Gasteiger partial charge in [-0.05, 0) is 46.2 Å². The van der Waals surface area contributed by atoms with E-state index in [0.29, 0.717) is 23.7 Å². The highest BCUT2D eigenvalue weighted by molar-refractivity contribution is 5.83. The van der Waals surface area contributed by atoms with Crippen LogP contribution in [0.5, 0.6) is 11.5 Å². The van der Waals surface area contributed by atoms with Crippen molar-refractivity contribution in [2.45, 2.75) is 13.2 Å². The Hall–Kier alpha value is -4.39. The number of rotatable bonds is 9. The molecule has 166 valence electrons. The zero-order valence-corrected chi connectivity index (χ0v) is 18.0. The van der Waals surface area contributed by atoms with Gasteiger partial charge in [0.05, 0.1) is 18.2 Å². The molecule has 0 N–H and O–H groups in total. The van der Waals surface area contributed by atoms with E-state index in [1.165, 1.54) is 22.9 Å². The first kappa shape index (κ1) is 21.8. The molecule has 4 rings (SSSR count). The van der Waals surface area contributed by atoms with E-state index in [9.17, 15) is 10.1 Å². The molecule has 0 aliphatic carbocycles. The number of hydrogen-bond donors (Lipinski definition) is 0. The highest BCUT2D eigenvalue weighted by Gasteiger charge is 2.07. The second-order valence-electron chi connectivity index (χ2n) is 7.32. The van der Waals surface area contributed by atoms with E-state index in [4.69, 9.17) is 14.3 Å². The summed E-state index contributed by atoms with van der Waals surface area (Å²) in [6, 6.07) is 26.2. The van der Waals surface area contributed by atoms with Crippen LogP contribution >= 0.6 is 0 Å². The molecule has 0 amide bonds. The van der Waals surface area contributed by atoms with Crippen LogP contribution in [-0.4, -0.2) is 18.2 Å². The number of nitro groups is 1. The van der Waals surface area contributed by atoms with Crippen molar-refractivity contribution in [3.8, 4) is 11.5 Å². The topological polar surface area (TPSA) is 83.2 Å². The van der Waals surface area contributed by atoms with Crippen molar-refractivity contribution in [2.75, 3.05) is 7.11 Å². The lowest BCUT2D eigenvalue weighted by atomic mass is 10.1. The summed E-state index contributed by atoms with van der Waals surface area (Å²) >= 11 is 0. The minimum absolute atomic E-state index is 0.0177. The minimum atomic E-state index is -0.442. The molecule has 0 bridgehead atoms. The largest absolute Gasteiger partial charge is 0.493 e. The van der Waals surface area contributed by atoms with Gasteiger partial charge < -0.3 is 14.3 Å². The predicted molar refractivity (Wildman–Crippen MR) is 127 cm³/mol. The molecule has 0 saturated carbocycles. The maximum absolute atomic E-state index is 10.8. The number of ether oxygens (including phenoxy) is 2. The Morgan fingerprint density at radius 1 is 0.848 bits per heavy atom. The summed E-state index contributed by atoms with van der Waals surface area (Å²) in [6.45, 7) is 0.545. The highest BCUT2D eigenvalue weighted by Crippen LogP contribution is 2.29. The summed E-state index contributed by atoms with van der Waals surface area (Å²) in [4.78, 5) is 15.7. The van der Waals surface area contributed by atoms with Crippen LogP contribution < -0.4 is 9.47 Å². The Kier molecular flexibility index (Phi) is 6.80. The molecule has 0 aliphatic heterocycles. The molecule has 4 aromatic rings. The van der Waals surface area contributed by atoms with Crippen molar-refractivity contribution < 1.29 is 19.2 Å². The normalized spacial score (nSPS) is 10.9. The van der Waals surface area contributed by atoms with E-state index >= 15 is 0 Å². The molecule has 0 saturated heterocycles. The molecule has 33 heavy (non-hydrogen) atoms. The fourth-order valence-electron chi connectivity index (χ4n) is 3.34. The van der Waals surface area contributed by atoms with Crippen LogP contribution in [0.2, 0.25) is 0 Å². The molecule has 0 aromatic heterocycles. The van der Waals surface area contributed by atoms with E-state index in [1.54, 1.807) is 31.5 Å². The van der Waals surface area contributed by atoms with E-state index in [1.807, 2.05) is 24.3 Å². The summed E-state index contributed by atoms with van der Waals surface area (Å²) < 4.78 is 11.4. The molecule has 0 aliphatic rings. The molecule has 7 nitrogen and oxygen atoms in total. The number of oxime groups is 1. The van der Waals surface area contributed by atoms with Crippen molar-refractivity contribution in [1.29, 1.82) is 0 Å². The van der Waals surface area contributed by atoms with E-state index in [-0.39, 0.29) is 12.3 Å². The van der Waals surface area contributed by atoms with E-state index in [2.05, 4.69) is 35.5 Å². The first-order valence-corrected chi connectivity index (χ1v) is 10.3. The molecule has 0 fully saturated rings. The average Bonchev–Trinajstić information content (AvgIpc) is 2.85. The van der Waals surface area contributed by atoms with Gasteiger partial charge in [0.2, 0.25) is 0 Å². The number of non-ortho nitro benzene ring substituents is 1. The van der Waals surface area contributed by atoms with Crippen LogP contribution in [0.4, 0.5) is 5.69 Å². The van der Waals surface area contributed by atoms with Crippen molar-refractivity contribution >= 4 is 22.7 Å². The Bertz CT molecular complexity index is 1300. The first-order valence-electron chi connectivity index (χ1n) is 10.3. The molecular weight excluding hydrogens is 420 g/mol. The van der Waals surface area contributed by atoms with Crippen LogP contribution in [0, 0.1) is 10.1 Å². The van der Waals surface area contributed by atoms with E-state index < -0.39 is 4.92 Å². The van der Waals surface area contributed by atoms with Gasteiger partial charge >= 0.3 is 0 Å². The number of benzene rings is 4. The third kappa shape index (κ3) is 5.65. The lowest BCUT2D eigenvalue weighted by Crippen LogP contribution is -1.98. The Balaban J connectivity index is 1.36. The Morgan fingerprint density at radius 3 is 2.48 bits per heavy atom. The smallest absolute Gasteiger partial charge is 0.269 e. The standard InChI is InChI=1S/C26H22N2O5/c1-31-26-15-19(16-27-33-18-20-5-4-8-24(14-20)28(29)30)10-12-25(26)32-17-21-9-11-22-6-2-3-7-23(22)13-21/h2-16H,17-18H2,1H3/b27-16-. The average molecular weight is 442 g/mol. The summed E-state index contributed by atoms with van der Waals surface area (Å²) in [6.07, 6.45) is 1.55. The second-order valence-corrected chi connectivity index (χ2v) is 7.32. The van der Waals surface area contributed by atoms with Gasteiger partial charge in [0.25, 0.3) is 5.69 Å². The van der Waals surface area contributed by atoms with Gasteiger partial charge in [0.1, 0.15) is 13.2 Å². The quantitative estimate of drug-likeness (QED) is 0.183. The van der Waals surface area contributed by atoms with Crippen LogP contribution in [-0.2, 0) is 18.1 Å². The lowest BCUT2D eigenvalue weighted by molar-refractivity contribution is -0.384. The summed E-state index contributed by atoms with van der Waals surface area (Å²) in [5.41, 5.74) is 2.51. The van der Waals surface area contributed by atoms with Crippen molar-refractivity contribution in [3.05, 3.63) is 112 Å². The SMILES string of the molecule is COc1cc(/C=N\OCc2cccc([N+](=O)[O-])c2)ccc1OCc1ccc2ccccc2c1. The number of nitro benzene ring substituents is 1. The molecule has 0 spiro atoms. The molecule has 4 aromatic carbocycles. The monoisotopic (exact) mass is 442 g/mol. The maximum atomic E-state index is 10.8. The van der Waals surface area contributed by atoms with Gasteiger partial charge in [-0.1, -0.05) is 53.7 Å². The lowest BCUT2D eigenvalue weighted by Gasteiger charge is -2.12. The zero-order valence-electron chi connectivity index (χ0n) is 18.0. The Labute approximate surface area is 191 Å². The fraction of sp³-hybridized carbons (Fsp3) is 0.115. The van der Waals surface area contributed by atoms with Gasteiger partial charge in [-0.3, -0.25) is 10.1 Å². The predicted octanol–water partition coefficient (Wildman–Crippen LogP) is 5.89. The Morgan fingerprint density at radius 2 is 1.67 bits per heavy atom. The van der Waals surface area contributed by atoms with Crippen LogP contribution in [0.25, 0.3) is 10.8 Å². The molecule has 0 radical (unpaired) electrons. The summed E-state index contributed by atoms with van der Waals surface area (Å²) in [5, 5.41) is 17.2. The van der Waals surface area contributed by atoms with Crippen molar-refractivity contribution in [3.63, 3.8) is 0 Å². The maximum Gasteiger partial charge on any atom is 0.269 e. The minimum Gasteiger partial charge on any atom is -0.493 e. The van der Waals surface area contributed by atoms with Crippen LogP contribution in [0.15, 0.2) is 90.1 Å². The molecular formula is C26H22N2O5. The van der Waals surface area contributed by atoms with Gasteiger partial charge in [-0.25, -0.2) is 0 Å². The van der Waals surface area contributed by atoms with Gasteiger partial charge in [-0.15, -0.1) is 0 Å². The molecule has 0 atom stereocenters. The molecule has 0 heterocycles. The number of fused-ring (bicyclic) bond motifs is 1. The molecule has 7 heteroatoms. The highest BCUT2D eigenvalue weighted by atomic mass is 16.6. The van der Waals surface area contributed by atoms with Gasteiger partial charge in [0.15, 0.2) is 11.5 Å².